The van der Waals surface area contributed by atoms with E-state index in [4.69, 9.17) is 0 Å². The van der Waals surface area contributed by atoms with E-state index in [1.54, 1.807) is 0 Å². The van der Waals surface area contributed by atoms with E-state index in [0.29, 0.717) is 6.04 Å². The number of rotatable bonds is 5. The van der Waals surface area contributed by atoms with E-state index < -0.39 is 0 Å². The number of H-pyrrole nitrogens is 1. The largest absolute Gasteiger partial charge is 0.357 e. The number of aromatic amines is 1. The molecule has 0 spiro atoms. The summed E-state index contributed by atoms with van der Waals surface area (Å²) in [4.78, 5) is 6.30. The smallest absolute Gasteiger partial charge is 0.0791 e. The third-order valence-electron chi connectivity index (χ3n) is 6.64. The fraction of sp³-hybridized carbons (Fsp3) is 0.259. The second kappa shape index (κ2) is 8.05. The summed E-state index contributed by atoms with van der Waals surface area (Å²) >= 11 is 0. The average molecular weight is 437 g/mol. The van der Waals surface area contributed by atoms with Crippen molar-refractivity contribution in [3.8, 4) is 5.69 Å². The Bertz CT molecular complexity index is 1390. The summed E-state index contributed by atoms with van der Waals surface area (Å²) < 4.78 is 4.01. The zero-order chi connectivity index (χ0) is 22.4. The lowest BCUT2D eigenvalue weighted by Gasteiger charge is -2.35. The van der Waals surface area contributed by atoms with Gasteiger partial charge >= 0.3 is 0 Å². The molecule has 2 aromatic carbocycles. The van der Waals surface area contributed by atoms with Crippen LogP contribution in [0.25, 0.3) is 16.6 Å². The van der Waals surface area contributed by atoms with Crippen LogP contribution in [0.3, 0.4) is 0 Å². The van der Waals surface area contributed by atoms with Crippen LogP contribution in [-0.4, -0.2) is 36.0 Å². The molecule has 33 heavy (non-hydrogen) atoms. The highest BCUT2D eigenvalue weighted by Gasteiger charge is 2.32. The lowest BCUT2D eigenvalue weighted by atomic mass is 9.93. The predicted molar refractivity (Wildman–Crippen MR) is 130 cm³/mol. The maximum absolute atomic E-state index is 4.66. The fourth-order valence-corrected chi connectivity index (χ4v) is 5.01. The molecular formula is C27H28N6. The van der Waals surface area contributed by atoms with Crippen molar-refractivity contribution in [1.82, 2.24) is 29.4 Å². The van der Waals surface area contributed by atoms with Crippen molar-refractivity contribution in [3.63, 3.8) is 0 Å². The maximum atomic E-state index is 4.66. The highest BCUT2D eigenvalue weighted by molar-refractivity contribution is 5.85. The molecule has 3 aromatic heterocycles. The molecule has 6 heteroatoms. The Labute approximate surface area is 193 Å². The maximum Gasteiger partial charge on any atom is 0.0791 e. The highest BCUT2D eigenvalue weighted by atomic mass is 15.3. The Kier molecular flexibility index (Phi) is 4.88. The molecular weight excluding hydrogens is 408 g/mol. The first-order valence-corrected chi connectivity index (χ1v) is 11.6. The molecule has 6 rings (SSSR count). The van der Waals surface area contributed by atoms with Gasteiger partial charge in [0.05, 0.1) is 24.1 Å². The Morgan fingerprint density at radius 2 is 1.79 bits per heavy atom. The molecule has 0 radical (unpaired) electrons. The summed E-state index contributed by atoms with van der Waals surface area (Å²) in [5.41, 5.74) is 7.45. The lowest BCUT2D eigenvalue weighted by Crippen LogP contribution is -2.35. The predicted octanol–water partition coefficient (Wildman–Crippen LogP) is 5.28. The number of fused-ring (bicyclic) bond motifs is 3. The van der Waals surface area contributed by atoms with Gasteiger partial charge in [-0.3, -0.25) is 9.58 Å². The zero-order valence-corrected chi connectivity index (χ0v) is 19.0. The van der Waals surface area contributed by atoms with Gasteiger partial charge in [0.15, 0.2) is 0 Å². The molecule has 0 fully saturated rings. The van der Waals surface area contributed by atoms with Gasteiger partial charge in [0.25, 0.3) is 0 Å². The first kappa shape index (κ1) is 20.0. The number of para-hydroxylation sites is 2. The molecule has 6 nitrogen and oxygen atoms in total. The van der Waals surface area contributed by atoms with E-state index in [-0.39, 0.29) is 6.04 Å². The normalized spacial score (nSPS) is 16.5. The van der Waals surface area contributed by atoms with Crippen LogP contribution in [0.4, 0.5) is 0 Å². The molecule has 0 saturated heterocycles. The van der Waals surface area contributed by atoms with E-state index in [1.807, 2.05) is 35.3 Å². The van der Waals surface area contributed by atoms with E-state index in [0.717, 1.165) is 25.2 Å². The lowest BCUT2D eigenvalue weighted by molar-refractivity contribution is 0.202. The van der Waals surface area contributed by atoms with E-state index in [2.05, 4.69) is 87.4 Å². The molecule has 0 saturated carbocycles. The SMILES string of the molecule is CC(C)n1cc(C2c3[nH]c4ccccc4c3CCN2Cc2cnn(-c3ccccc3)c2)cn1. The van der Waals surface area contributed by atoms with Gasteiger partial charge in [0.2, 0.25) is 0 Å². The summed E-state index contributed by atoms with van der Waals surface area (Å²) in [6, 6.07) is 19.4. The Hall–Kier alpha value is -3.64. The zero-order valence-electron chi connectivity index (χ0n) is 19.0. The Morgan fingerprint density at radius 1 is 0.970 bits per heavy atom. The van der Waals surface area contributed by atoms with Crippen LogP contribution in [0.2, 0.25) is 0 Å². The Morgan fingerprint density at radius 3 is 2.61 bits per heavy atom. The number of hydrogen-bond donors (Lipinski definition) is 1. The van der Waals surface area contributed by atoms with Crippen LogP contribution in [-0.2, 0) is 13.0 Å². The number of benzene rings is 2. The second-order valence-electron chi connectivity index (χ2n) is 9.16. The molecule has 1 atom stereocenters. The van der Waals surface area contributed by atoms with Gasteiger partial charge in [-0.05, 0) is 44.0 Å². The third kappa shape index (κ3) is 3.56. The van der Waals surface area contributed by atoms with Crippen molar-refractivity contribution in [2.75, 3.05) is 6.54 Å². The first-order chi connectivity index (χ1) is 16.2. The van der Waals surface area contributed by atoms with Crippen molar-refractivity contribution in [2.45, 2.75) is 38.9 Å². The van der Waals surface area contributed by atoms with Crippen LogP contribution >= 0.6 is 0 Å². The summed E-state index contributed by atoms with van der Waals surface area (Å²) in [5, 5.41) is 10.6. The van der Waals surface area contributed by atoms with Crippen LogP contribution in [0.5, 0.6) is 0 Å². The average Bonchev–Trinajstić information content (AvgIpc) is 3.58. The summed E-state index contributed by atoms with van der Waals surface area (Å²) in [5.74, 6) is 0. The Balaban J connectivity index is 1.38. The van der Waals surface area contributed by atoms with Gasteiger partial charge in [-0.25, -0.2) is 4.68 Å². The summed E-state index contributed by atoms with van der Waals surface area (Å²) in [7, 11) is 0. The van der Waals surface area contributed by atoms with Crippen LogP contribution < -0.4 is 0 Å². The van der Waals surface area contributed by atoms with Gasteiger partial charge in [0.1, 0.15) is 0 Å². The molecule has 1 unspecified atom stereocenters. The minimum Gasteiger partial charge on any atom is -0.357 e. The number of nitrogens with one attached hydrogen (secondary N) is 1. The van der Waals surface area contributed by atoms with Gasteiger partial charge < -0.3 is 4.98 Å². The molecule has 5 aromatic rings. The minimum absolute atomic E-state index is 0.133. The molecule has 0 amide bonds. The number of nitrogens with zero attached hydrogens (tertiary/aromatic N) is 5. The van der Waals surface area contributed by atoms with Gasteiger partial charge in [-0.15, -0.1) is 0 Å². The third-order valence-corrected chi connectivity index (χ3v) is 6.64. The molecule has 1 aliphatic rings. The quantitative estimate of drug-likeness (QED) is 0.408. The molecule has 0 bridgehead atoms. The fourth-order valence-electron chi connectivity index (χ4n) is 5.01. The van der Waals surface area contributed by atoms with Crippen molar-refractivity contribution < 1.29 is 0 Å². The van der Waals surface area contributed by atoms with Crippen molar-refractivity contribution >= 4 is 10.9 Å². The van der Waals surface area contributed by atoms with Gasteiger partial charge in [-0.2, -0.15) is 10.2 Å². The molecule has 166 valence electrons. The van der Waals surface area contributed by atoms with Gasteiger partial charge in [-0.1, -0.05) is 36.4 Å². The standard InChI is InChI=1S/C27H28N6/c1-19(2)32-18-21(15-29-32)27-26-24(23-10-6-7-11-25(23)30-26)12-13-31(27)16-20-14-28-33(17-20)22-8-4-3-5-9-22/h3-11,14-15,17-19,27,30H,12-13,16H2,1-2H3. The van der Waals surface area contributed by atoms with Crippen LogP contribution in [0, 0.1) is 0 Å². The van der Waals surface area contributed by atoms with Gasteiger partial charge in [0, 0.05) is 59.2 Å². The first-order valence-electron chi connectivity index (χ1n) is 11.6. The van der Waals surface area contributed by atoms with Crippen molar-refractivity contribution in [3.05, 3.63) is 102 Å². The van der Waals surface area contributed by atoms with Crippen molar-refractivity contribution in [1.29, 1.82) is 0 Å². The van der Waals surface area contributed by atoms with E-state index in [9.17, 15) is 0 Å². The molecule has 1 aliphatic heterocycles. The monoisotopic (exact) mass is 436 g/mol. The van der Waals surface area contributed by atoms with Crippen LogP contribution in [0.1, 0.15) is 48.3 Å². The highest BCUT2D eigenvalue weighted by Crippen LogP contribution is 2.39. The minimum atomic E-state index is 0.133. The topological polar surface area (TPSA) is 54.7 Å². The molecule has 4 heterocycles. The van der Waals surface area contributed by atoms with E-state index in [1.165, 1.54) is 33.3 Å². The van der Waals surface area contributed by atoms with E-state index >= 15 is 0 Å². The summed E-state index contributed by atoms with van der Waals surface area (Å²) in [6.07, 6.45) is 9.40. The molecule has 0 aliphatic carbocycles. The van der Waals surface area contributed by atoms with Crippen LogP contribution in [0.15, 0.2) is 79.4 Å². The van der Waals surface area contributed by atoms with Crippen molar-refractivity contribution in [2.24, 2.45) is 0 Å². The molecule has 1 N–H and O–H groups in total. The number of hydrogen-bond acceptors (Lipinski definition) is 3. The second-order valence-corrected chi connectivity index (χ2v) is 9.16. The summed E-state index contributed by atoms with van der Waals surface area (Å²) in [6.45, 7) is 6.16. The number of aromatic nitrogens is 5.